The third kappa shape index (κ3) is 3.93. The van der Waals surface area contributed by atoms with Crippen molar-refractivity contribution >= 4 is 27.5 Å². The Morgan fingerprint density at radius 2 is 1.92 bits per heavy atom. The van der Waals surface area contributed by atoms with E-state index in [-0.39, 0.29) is 28.2 Å². The molecule has 138 valence electrons. The van der Waals surface area contributed by atoms with Crippen molar-refractivity contribution in [3.63, 3.8) is 0 Å². The highest BCUT2D eigenvalue weighted by Crippen LogP contribution is 2.25. The molecule has 2 rings (SSSR count). The molecule has 0 aliphatic rings. The van der Waals surface area contributed by atoms with Crippen molar-refractivity contribution in [1.82, 2.24) is 19.4 Å². The van der Waals surface area contributed by atoms with E-state index in [1.807, 2.05) is 0 Å². The Hall–Kier alpha value is -2.14. The molecule has 0 saturated heterocycles. The summed E-state index contributed by atoms with van der Waals surface area (Å²) in [7, 11) is 4.30. The second-order valence-electron chi connectivity index (χ2n) is 5.48. The predicted octanol–water partition coefficient (Wildman–Crippen LogP) is 0.523. The van der Waals surface area contributed by atoms with Crippen LogP contribution in [-0.4, -0.2) is 52.8 Å². The summed E-state index contributed by atoms with van der Waals surface area (Å²) in [5, 5.41) is 2.82. The number of aryl methyl sites for hydroxylation is 1. The summed E-state index contributed by atoms with van der Waals surface area (Å²) >= 11 is 0.827. The van der Waals surface area contributed by atoms with Crippen molar-refractivity contribution in [2.24, 2.45) is 14.1 Å². The Balaban J connectivity index is 2.50. The van der Waals surface area contributed by atoms with Crippen molar-refractivity contribution in [3.05, 3.63) is 31.8 Å². The molecule has 0 radical (unpaired) electrons. The number of nitrogens with zero attached hydrogens (tertiary/aromatic N) is 3. The van der Waals surface area contributed by atoms with Crippen LogP contribution in [0, 0.1) is 0 Å². The molecule has 25 heavy (non-hydrogen) atoms. The van der Waals surface area contributed by atoms with Gasteiger partial charge in [0.25, 0.3) is 11.5 Å². The highest BCUT2D eigenvalue weighted by molar-refractivity contribution is 7.20. The molecule has 0 bridgehead atoms. The average molecular weight is 378 g/mol. The zero-order valence-electron chi connectivity index (χ0n) is 13.8. The van der Waals surface area contributed by atoms with Crippen LogP contribution < -0.4 is 16.6 Å². The van der Waals surface area contributed by atoms with Gasteiger partial charge in [0.2, 0.25) is 0 Å². The maximum Gasteiger partial charge on any atom is 0.406 e. The second-order valence-corrected chi connectivity index (χ2v) is 6.51. The third-order valence-electron chi connectivity index (χ3n) is 3.63. The first-order valence-corrected chi connectivity index (χ1v) is 8.08. The van der Waals surface area contributed by atoms with Gasteiger partial charge < -0.3 is 10.2 Å². The van der Waals surface area contributed by atoms with Crippen molar-refractivity contribution in [2.75, 3.05) is 26.7 Å². The molecular weight excluding hydrogens is 361 g/mol. The number of hydrogen-bond donors (Lipinski definition) is 1. The number of alkyl halides is 3. The van der Waals surface area contributed by atoms with E-state index < -0.39 is 29.9 Å². The topological polar surface area (TPSA) is 76.3 Å². The number of fused-ring (bicyclic) bond motifs is 1. The minimum atomic E-state index is -4.54. The molecule has 1 N–H and O–H groups in total. The average Bonchev–Trinajstić information content (AvgIpc) is 2.98. The van der Waals surface area contributed by atoms with Gasteiger partial charge >= 0.3 is 11.9 Å². The molecule has 0 aliphatic heterocycles. The van der Waals surface area contributed by atoms with Crippen LogP contribution in [0.3, 0.4) is 0 Å². The van der Waals surface area contributed by atoms with E-state index in [4.69, 9.17) is 0 Å². The Bertz CT molecular complexity index is 913. The fraction of sp³-hybridized carbons (Fsp3) is 0.500. The molecule has 0 unspecified atom stereocenters. The largest absolute Gasteiger partial charge is 0.406 e. The Morgan fingerprint density at radius 1 is 1.28 bits per heavy atom. The van der Waals surface area contributed by atoms with Gasteiger partial charge in [0.1, 0.15) is 11.4 Å². The van der Waals surface area contributed by atoms with Crippen molar-refractivity contribution in [3.8, 4) is 0 Å². The first-order chi connectivity index (χ1) is 11.6. The van der Waals surface area contributed by atoms with Crippen LogP contribution in [0.1, 0.15) is 9.67 Å². The molecule has 0 fully saturated rings. The van der Waals surface area contributed by atoms with E-state index >= 15 is 0 Å². The molecule has 0 spiro atoms. The predicted molar refractivity (Wildman–Crippen MR) is 88.2 cm³/mol. The van der Waals surface area contributed by atoms with Crippen molar-refractivity contribution < 1.29 is 18.0 Å². The summed E-state index contributed by atoms with van der Waals surface area (Å²) in [4.78, 5) is 37.5. The number of carbonyl (C=O) groups excluding carboxylic acids is 1. The fourth-order valence-corrected chi connectivity index (χ4v) is 3.41. The summed E-state index contributed by atoms with van der Waals surface area (Å²) in [6.45, 7) is -1.34. The standard InChI is InChI=1S/C14H17F3N4O3S/c1-18-4-5-21(7-14(15,16)17)11(23)9-6-8-10(22)19(2)13(24)20(3)12(8)25-9/h6,18H,4-5,7H2,1-3H3. The van der Waals surface area contributed by atoms with Gasteiger partial charge in [0, 0.05) is 27.2 Å². The molecule has 0 aliphatic carbocycles. The number of likely N-dealkylation sites (N-methyl/N-ethyl adjacent to an activating group) is 1. The van der Waals surface area contributed by atoms with E-state index in [1.54, 1.807) is 7.05 Å². The Kier molecular flexibility index (Phi) is 5.37. The molecule has 0 saturated carbocycles. The van der Waals surface area contributed by atoms with Crippen LogP contribution in [0.15, 0.2) is 15.7 Å². The maximum atomic E-state index is 12.7. The van der Waals surface area contributed by atoms with Gasteiger partial charge in [-0.2, -0.15) is 13.2 Å². The number of rotatable bonds is 5. The van der Waals surface area contributed by atoms with E-state index in [2.05, 4.69) is 5.32 Å². The van der Waals surface area contributed by atoms with Gasteiger partial charge in [-0.3, -0.25) is 18.7 Å². The monoisotopic (exact) mass is 378 g/mol. The molecule has 2 heterocycles. The number of hydrogen-bond acceptors (Lipinski definition) is 5. The quantitative estimate of drug-likeness (QED) is 0.823. The van der Waals surface area contributed by atoms with Gasteiger partial charge in [-0.1, -0.05) is 0 Å². The highest BCUT2D eigenvalue weighted by Gasteiger charge is 2.33. The summed E-state index contributed by atoms with van der Waals surface area (Å²) in [5.41, 5.74) is -1.16. The molecule has 1 amide bonds. The van der Waals surface area contributed by atoms with Crippen LogP contribution in [-0.2, 0) is 14.1 Å². The van der Waals surface area contributed by atoms with Gasteiger partial charge in [0.05, 0.1) is 10.3 Å². The summed E-state index contributed by atoms with van der Waals surface area (Å²) in [5.74, 6) is -0.830. The van der Waals surface area contributed by atoms with Crippen molar-refractivity contribution in [1.29, 1.82) is 0 Å². The Labute approximate surface area is 144 Å². The molecule has 0 atom stereocenters. The van der Waals surface area contributed by atoms with Crippen LogP contribution in [0.2, 0.25) is 0 Å². The summed E-state index contributed by atoms with van der Waals surface area (Å²) in [6, 6.07) is 1.24. The first-order valence-electron chi connectivity index (χ1n) is 7.27. The minimum Gasteiger partial charge on any atom is -0.328 e. The zero-order valence-corrected chi connectivity index (χ0v) is 14.6. The number of halogens is 3. The molecule has 7 nitrogen and oxygen atoms in total. The van der Waals surface area contributed by atoms with Gasteiger partial charge in [0.15, 0.2) is 0 Å². The molecular formula is C14H17F3N4O3S. The lowest BCUT2D eigenvalue weighted by Gasteiger charge is -2.23. The van der Waals surface area contributed by atoms with E-state index in [9.17, 15) is 27.6 Å². The van der Waals surface area contributed by atoms with E-state index in [1.165, 1.54) is 24.7 Å². The summed E-state index contributed by atoms with van der Waals surface area (Å²) < 4.78 is 40.3. The lowest BCUT2D eigenvalue weighted by molar-refractivity contribution is -0.140. The maximum absolute atomic E-state index is 12.7. The van der Waals surface area contributed by atoms with Crippen LogP contribution in [0.5, 0.6) is 0 Å². The van der Waals surface area contributed by atoms with Crippen LogP contribution in [0.25, 0.3) is 10.2 Å². The second kappa shape index (κ2) is 7.00. The first kappa shape index (κ1) is 19.2. The number of nitrogens with one attached hydrogen (secondary N) is 1. The summed E-state index contributed by atoms with van der Waals surface area (Å²) in [6.07, 6.45) is -4.54. The van der Waals surface area contributed by atoms with Gasteiger partial charge in [-0.05, 0) is 13.1 Å². The smallest absolute Gasteiger partial charge is 0.328 e. The third-order valence-corrected chi connectivity index (χ3v) is 4.83. The van der Waals surface area contributed by atoms with E-state index in [0.29, 0.717) is 4.90 Å². The van der Waals surface area contributed by atoms with Crippen molar-refractivity contribution in [2.45, 2.75) is 6.18 Å². The number of aromatic nitrogens is 2. The number of thiophene rings is 1. The lowest BCUT2D eigenvalue weighted by Crippen LogP contribution is -2.41. The molecule has 11 heteroatoms. The minimum absolute atomic E-state index is 0.0198. The van der Waals surface area contributed by atoms with Crippen LogP contribution in [0.4, 0.5) is 13.2 Å². The zero-order chi connectivity index (χ0) is 18.9. The van der Waals surface area contributed by atoms with Gasteiger partial charge in [-0.15, -0.1) is 11.3 Å². The SMILES string of the molecule is CNCCN(CC(F)(F)F)C(=O)c1cc2c(=O)n(C)c(=O)n(C)c2s1. The lowest BCUT2D eigenvalue weighted by atomic mass is 10.3. The van der Waals surface area contributed by atoms with E-state index in [0.717, 1.165) is 15.9 Å². The molecule has 0 aromatic carbocycles. The van der Waals surface area contributed by atoms with Crippen LogP contribution >= 0.6 is 11.3 Å². The highest BCUT2D eigenvalue weighted by atomic mass is 32.1. The molecule has 2 aromatic rings. The number of carbonyl (C=O) groups is 1. The number of amides is 1. The Morgan fingerprint density at radius 3 is 2.48 bits per heavy atom. The normalized spacial score (nSPS) is 11.9. The van der Waals surface area contributed by atoms with Gasteiger partial charge in [-0.25, -0.2) is 4.79 Å². The fourth-order valence-electron chi connectivity index (χ4n) is 2.34. The molecule has 2 aromatic heterocycles.